The fourth-order valence-electron chi connectivity index (χ4n) is 6.11. The first kappa shape index (κ1) is 18.8. The van der Waals surface area contributed by atoms with Crippen LogP contribution in [0.5, 0.6) is 0 Å². The van der Waals surface area contributed by atoms with Gasteiger partial charge in [-0.05, 0) is 89.9 Å². The van der Waals surface area contributed by atoms with Crippen molar-refractivity contribution in [2.75, 3.05) is 0 Å². The first-order valence-electron chi connectivity index (χ1n) is 10.4. The zero-order valence-corrected chi connectivity index (χ0v) is 17.9. The third-order valence-corrected chi connectivity index (χ3v) is 7.31. The van der Waals surface area contributed by atoms with Crippen molar-refractivity contribution in [1.82, 2.24) is 15.6 Å². The summed E-state index contributed by atoms with van der Waals surface area (Å²) in [6.07, 6.45) is 11.5. The van der Waals surface area contributed by atoms with E-state index >= 15 is 0 Å². The maximum Gasteiger partial charge on any atom is 0.291 e. The number of halogens is 1. The highest BCUT2D eigenvalue weighted by molar-refractivity contribution is 9.12. The van der Waals surface area contributed by atoms with Crippen molar-refractivity contribution < 1.29 is 4.79 Å². The minimum atomic E-state index is -0.284. The number of hydrazone groups is 1. The minimum Gasteiger partial charge on any atom is -0.281 e. The Balaban J connectivity index is 1.24. The molecule has 0 saturated heterocycles. The molecule has 4 bridgehead atoms. The second kappa shape index (κ2) is 7.56. The molecule has 0 unspecified atom stereocenters. The molecule has 2 aromatic rings. The number of H-pyrrole nitrogens is 1. The lowest BCUT2D eigenvalue weighted by atomic mass is 9.49. The molecular weight excluding hydrogens is 428 g/mol. The van der Waals surface area contributed by atoms with Crippen LogP contribution in [0.2, 0.25) is 0 Å². The van der Waals surface area contributed by atoms with Crippen LogP contribution in [0.25, 0.3) is 6.08 Å². The summed E-state index contributed by atoms with van der Waals surface area (Å²) in [6, 6.07) is 11.9. The van der Waals surface area contributed by atoms with Gasteiger partial charge in [-0.3, -0.25) is 9.89 Å². The van der Waals surface area contributed by atoms with E-state index in [-0.39, 0.29) is 11.3 Å². The van der Waals surface area contributed by atoms with E-state index in [1.807, 2.05) is 42.5 Å². The molecule has 1 heterocycles. The molecule has 0 radical (unpaired) electrons. The van der Waals surface area contributed by atoms with Crippen LogP contribution in [-0.2, 0) is 5.41 Å². The number of benzene rings is 1. The zero-order chi connectivity index (χ0) is 19.8. The standard InChI is InChI=1S/C23H25BrN4O/c24-19(9-15-4-2-1-3-5-15)14-25-28-22(29)20-10-21(27-26-20)23-11-16-6-17(12-23)8-18(7-16)13-23/h1-5,9-10,14,16-18H,6-8,11-13H2,(H,26,27)(H,28,29). The van der Waals surface area contributed by atoms with Gasteiger partial charge in [0.05, 0.1) is 6.21 Å². The third kappa shape index (κ3) is 3.82. The first-order valence-corrected chi connectivity index (χ1v) is 11.2. The fourth-order valence-corrected chi connectivity index (χ4v) is 6.47. The van der Waals surface area contributed by atoms with E-state index < -0.39 is 0 Å². The van der Waals surface area contributed by atoms with Gasteiger partial charge in [0, 0.05) is 15.6 Å². The Morgan fingerprint density at radius 3 is 2.45 bits per heavy atom. The van der Waals surface area contributed by atoms with Gasteiger partial charge in [0.25, 0.3) is 5.91 Å². The Morgan fingerprint density at radius 1 is 1.14 bits per heavy atom. The highest BCUT2D eigenvalue weighted by Gasteiger charge is 2.52. The quantitative estimate of drug-likeness (QED) is 0.493. The van der Waals surface area contributed by atoms with E-state index in [1.165, 1.54) is 38.5 Å². The van der Waals surface area contributed by atoms with Crippen molar-refractivity contribution in [3.05, 3.63) is 57.8 Å². The normalized spacial score (nSPS) is 30.8. The van der Waals surface area contributed by atoms with Crippen LogP contribution in [0.4, 0.5) is 0 Å². The van der Waals surface area contributed by atoms with Gasteiger partial charge >= 0.3 is 0 Å². The lowest BCUT2D eigenvalue weighted by molar-refractivity contribution is -0.00721. The van der Waals surface area contributed by atoms with Crippen molar-refractivity contribution in [2.24, 2.45) is 22.9 Å². The van der Waals surface area contributed by atoms with Gasteiger partial charge in [0.15, 0.2) is 5.69 Å². The summed E-state index contributed by atoms with van der Waals surface area (Å²) in [7, 11) is 0. The Morgan fingerprint density at radius 2 is 1.79 bits per heavy atom. The van der Waals surface area contributed by atoms with Gasteiger partial charge in [-0.15, -0.1) is 0 Å². The summed E-state index contributed by atoms with van der Waals surface area (Å²) in [4.78, 5) is 12.5. The molecule has 4 saturated carbocycles. The Bertz CT molecular complexity index is 927. The van der Waals surface area contributed by atoms with Crippen LogP contribution in [0, 0.1) is 17.8 Å². The first-order chi connectivity index (χ1) is 14.1. The van der Waals surface area contributed by atoms with Crippen LogP contribution in [0.3, 0.4) is 0 Å². The van der Waals surface area contributed by atoms with E-state index in [2.05, 4.69) is 36.7 Å². The molecule has 4 fully saturated rings. The molecule has 4 aliphatic carbocycles. The van der Waals surface area contributed by atoms with Crippen LogP contribution in [0.15, 0.2) is 46.0 Å². The molecule has 1 aromatic carbocycles. The number of hydrogen-bond donors (Lipinski definition) is 2. The average molecular weight is 453 g/mol. The highest BCUT2D eigenvalue weighted by atomic mass is 79.9. The van der Waals surface area contributed by atoms with E-state index in [1.54, 1.807) is 6.21 Å². The fraction of sp³-hybridized carbons (Fsp3) is 0.435. The number of carbonyl (C=O) groups excluding carboxylic acids is 1. The van der Waals surface area contributed by atoms with E-state index in [4.69, 9.17) is 0 Å². The van der Waals surface area contributed by atoms with Gasteiger partial charge < -0.3 is 0 Å². The number of allylic oxidation sites excluding steroid dienone is 1. The molecule has 1 aromatic heterocycles. The topological polar surface area (TPSA) is 70.1 Å². The van der Waals surface area contributed by atoms with Crippen molar-refractivity contribution >= 4 is 34.1 Å². The van der Waals surface area contributed by atoms with E-state index in [0.717, 1.165) is 33.5 Å². The summed E-state index contributed by atoms with van der Waals surface area (Å²) in [5.74, 6) is 2.30. The maximum absolute atomic E-state index is 12.5. The summed E-state index contributed by atoms with van der Waals surface area (Å²) < 4.78 is 0.778. The van der Waals surface area contributed by atoms with Gasteiger partial charge in [-0.1, -0.05) is 30.3 Å². The van der Waals surface area contributed by atoms with Crippen LogP contribution >= 0.6 is 15.9 Å². The van der Waals surface area contributed by atoms with E-state index in [9.17, 15) is 4.79 Å². The molecule has 0 atom stereocenters. The molecule has 6 heteroatoms. The minimum absolute atomic E-state index is 0.213. The molecule has 0 aliphatic heterocycles. The Hall–Kier alpha value is -2.21. The lowest BCUT2D eigenvalue weighted by Crippen LogP contribution is -2.48. The maximum atomic E-state index is 12.5. The van der Waals surface area contributed by atoms with Crippen LogP contribution in [-0.4, -0.2) is 22.3 Å². The number of hydrogen-bond acceptors (Lipinski definition) is 3. The van der Waals surface area contributed by atoms with Gasteiger partial charge in [-0.2, -0.15) is 10.2 Å². The predicted molar refractivity (Wildman–Crippen MR) is 118 cm³/mol. The third-order valence-electron chi connectivity index (χ3n) is 6.88. The van der Waals surface area contributed by atoms with Crippen molar-refractivity contribution in [2.45, 2.75) is 43.9 Å². The highest BCUT2D eigenvalue weighted by Crippen LogP contribution is 2.60. The number of amides is 1. The van der Waals surface area contributed by atoms with Crippen molar-refractivity contribution in [3.8, 4) is 0 Å². The number of aromatic nitrogens is 2. The van der Waals surface area contributed by atoms with Crippen LogP contribution in [0.1, 0.15) is 60.3 Å². The monoisotopic (exact) mass is 452 g/mol. The number of nitrogens with one attached hydrogen (secondary N) is 2. The smallest absolute Gasteiger partial charge is 0.281 e. The molecule has 150 valence electrons. The second-order valence-corrected chi connectivity index (χ2v) is 9.92. The number of aromatic amines is 1. The Kier molecular flexibility index (Phi) is 4.90. The van der Waals surface area contributed by atoms with Gasteiger partial charge in [-0.25, -0.2) is 5.43 Å². The number of carbonyl (C=O) groups is 1. The number of rotatable bonds is 5. The number of nitrogens with zero attached hydrogens (tertiary/aromatic N) is 2. The van der Waals surface area contributed by atoms with Crippen LogP contribution < -0.4 is 5.43 Å². The summed E-state index contributed by atoms with van der Waals surface area (Å²) in [5.41, 5.74) is 5.42. The molecule has 0 spiro atoms. The zero-order valence-electron chi connectivity index (χ0n) is 16.3. The van der Waals surface area contributed by atoms with Gasteiger partial charge in [0.2, 0.25) is 0 Å². The van der Waals surface area contributed by atoms with E-state index in [0.29, 0.717) is 5.69 Å². The molecule has 2 N–H and O–H groups in total. The Labute approximate surface area is 179 Å². The largest absolute Gasteiger partial charge is 0.291 e. The lowest BCUT2D eigenvalue weighted by Gasteiger charge is -2.56. The molecule has 4 aliphatic rings. The van der Waals surface area contributed by atoms with Crippen molar-refractivity contribution in [1.29, 1.82) is 0 Å². The van der Waals surface area contributed by atoms with Crippen molar-refractivity contribution in [3.63, 3.8) is 0 Å². The molecule has 29 heavy (non-hydrogen) atoms. The molecule has 6 rings (SSSR count). The summed E-state index contributed by atoms with van der Waals surface area (Å²) in [6.45, 7) is 0. The average Bonchev–Trinajstić information content (AvgIpc) is 3.19. The molecular formula is C23H25BrN4O. The second-order valence-electron chi connectivity index (χ2n) is 9.00. The molecule has 5 nitrogen and oxygen atoms in total. The summed E-state index contributed by atoms with van der Waals surface area (Å²) >= 11 is 3.45. The molecule has 1 amide bonds. The summed E-state index contributed by atoms with van der Waals surface area (Å²) in [5, 5.41) is 11.5. The van der Waals surface area contributed by atoms with Gasteiger partial charge in [0.1, 0.15) is 0 Å². The SMILES string of the molecule is O=C(NN=CC(Br)=Cc1ccccc1)c1cc(C23CC4CC(CC(C4)C2)C3)[nH]n1. The predicted octanol–water partition coefficient (Wildman–Crippen LogP) is 5.03.